The van der Waals surface area contributed by atoms with Crippen molar-refractivity contribution >= 4 is 11.9 Å². The quantitative estimate of drug-likeness (QED) is 0.669. The van der Waals surface area contributed by atoms with Crippen LogP contribution in [0.25, 0.3) is 0 Å². The third-order valence-electron chi connectivity index (χ3n) is 3.28. The lowest BCUT2D eigenvalue weighted by molar-refractivity contribution is -0.142. The molecule has 0 aliphatic heterocycles. The molecule has 22 heavy (non-hydrogen) atoms. The number of nitrogens with one attached hydrogen (secondary N) is 1. The van der Waals surface area contributed by atoms with Crippen molar-refractivity contribution in [2.75, 3.05) is 7.11 Å². The second-order valence-corrected chi connectivity index (χ2v) is 5.69. The number of methoxy groups -OCH3 is 1. The topological polar surface area (TPSA) is 102 Å². The van der Waals surface area contributed by atoms with Crippen LogP contribution in [-0.4, -0.2) is 36.2 Å². The molecule has 1 amide bonds. The zero-order valence-electron chi connectivity index (χ0n) is 13.2. The van der Waals surface area contributed by atoms with Gasteiger partial charge >= 0.3 is 5.97 Å². The third kappa shape index (κ3) is 5.73. The summed E-state index contributed by atoms with van der Waals surface area (Å²) in [7, 11) is 1.56. The van der Waals surface area contributed by atoms with Gasteiger partial charge in [0.2, 0.25) is 5.91 Å². The molecule has 0 spiro atoms. The van der Waals surface area contributed by atoms with E-state index in [1.54, 1.807) is 31.4 Å². The van der Waals surface area contributed by atoms with Crippen LogP contribution in [0.2, 0.25) is 0 Å². The van der Waals surface area contributed by atoms with Gasteiger partial charge in [-0.1, -0.05) is 26.0 Å². The highest BCUT2D eigenvalue weighted by Crippen LogP contribution is 2.13. The maximum Gasteiger partial charge on any atom is 0.326 e. The fourth-order valence-corrected chi connectivity index (χ4v) is 2.09. The van der Waals surface area contributed by atoms with Crippen LogP contribution in [0.4, 0.5) is 0 Å². The number of benzene rings is 1. The molecule has 0 aliphatic rings. The van der Waals surface area contributed by atoms with Crippen LogP contribution >= 0.6 is 0 Å². The summed E-state index contributed by atoms with van der Waals surface area (Å²) in [5, 5.41) is 11.8. The Hall–Kier alpha value is -2.08. The minimum atomic E-state index is -1.08. The number of carboxylic acids is 1. The van der Waals surface area contributed by atoms with Gasteiger partial charge in [-0.05, 0) is 30.0 Å². The first-order chi connectivity index (χ1) is 10.3. The van der Waals surface area contributed by atoms with Gasteiger partial charge in [0, 0.05) is 6.42 Å². The van der Waals surface area contributed by atoms with E-state index in [1.165, 1.54) is 0 Å². The van der Waals surface area contributed by atoms with Gasteiger partial charge in [-0.15, -0.1) is 0 Å². The molecule has 6 heteroatoms. The Kier molecular flexibility index (Phi) is 6.85. The molecule has 0 bridgehead atoms. The molecule has 0 aliphatic carbocycles. The maximum absolute atomic E-state index is 12.0. The van der Waals surface area contributed by atoms with Crippen LogP contribution in [0, 0.1) is 5.92 Å². The number of carbonyl (C=O) groups is 2. The molecule has 0 radical (unpaired) electrons. The van der Waals surface area contributed by atoms with Crippen molar-refractivity contribution in [2.45, 2.75) is 38.8 Å². The lowest BCUT2D eigenvalue weighted by Gasteiger charge is -2.19. The van der Waals surface area contributed by atoms with Crippen LogP contribution in [0.15, 0.2) is 24.3 Å². The summed E-state index contributed by atoms with van der Waals surface area (Å²) in [6.07, 6.45) is 0.709. The minimum absolute atomic E-state index is 0.194. The Morgan fingerprint density at radius 3 is 2.32 bits per heavy atom. The van der Waals surface area contributed by atoms with Crippen molar-refractivity contribution in [2.24, 2.45) is 11.7 Å². The van der Waals surface area contributed by atoms with Crippen molar-refractivity contribution in [3.63, 3.8) is 0 Å². The summed E-state index contributed by atoms with van der Waals surface area (Å²) in [5.74, 6) is -0.556. The molecule has 0 saturated carbocycles. The summed E-state index contributed by atoms with van der Waals surface area (Å²) < 4.78 is 5.05. The van der Waals surface area contributed by atoms with E-state index in [2.05, 4.69) is 5.32 Å². The van der Waals surface area contributed by atoms with Crippen molar-refractivity contribution < 1.29 is 19.4 Å². The lowest BCUT2D eigenvalue weighted by atomic mass is 10.0. The van der Waals surface area contributed by atoms with Gasteiger partial charge in [-0.3, -0.25) is 4.79 Å². The number of amides is 1. The smallest absolute Gasteiger partial charge is 0.326 e. The Bertz CT molecular complexity index is 499. The highest BCUT2D eigenvalue weighted by Gasteiger charge is 2.24. The summed E-state index contributed by atoms with van der Waals surface area (Å²) in [6.45, 7) is 3.92. The van der Waals surface area contributed by atoms with Crippen LogP contribution < -0.4 is 15.8 Å². The number of aliphatic carboxylic acids is 1. The number of carboxylic acid groups (broad SMARTS) is 1. The van der Waals surface area contributed by atoms with Crippen LogP contribution in [-0.2, 0) is 16.0 Å². The Labute approximate surface area is 130 Å². The number of hydrogen-bond acceptors (Lipinski definition) is 4. The minimum Gasteiger partial charge on any atom is -0.497 e. The molecule has 6 nitrogen and oxygen atoms in total. The molecule has 0 aromatic heterocycles. The van der Waals surface area contributed by atoms with Gasteiger partial charge in [-0.2, -0.15) is 0 Å². The number of ether oxygens (including phenoxy) is 1. The Morgan fingerprint density at radius 2 is 1.86 bits per heavy atom. The zero-order valence-corrected chi connectivity index (χ0v) is 13.2. The van der Waals surface area contributed by atoms with E-state index in [9.17, 15) is 14.7 Å². The van der Waals surface area contributed by atoms with Crippen LogP contribution in [0.1, 0.15) is 25.8 Å². The Morgan fingerprint density at radius 1 is 1.27 bits per heavy atom. The highest BCUT2D eigenvalue weighted by molar-refractivity contribution is 5.86. The molecular formula is C16H24N2O4. The molecule has 2 atom stereocenters. The van der Waals surface area contributed by atoms with Crippen molar-refractivity contribution in [1.82, 2.24) is 5.32 Å². The van der Waals surface area contributed by atoms with E-state index in [1.807, 2.05) is 13.8 Å². The molecule has 1 rings (SSSR count). The van der Waals surface area contributed by atoms with Gasteiger partial charge in [0.25, 0.3) is 0 Å². The highest BCUT2D eigenvalue weighted by atomic mass is 16.5. The van der Waals surface area contributed by atoms with Crippen molar-refractivity contribution in [3.8, 4) is 5.75 Å². The fourth-order valence-electron chi connectivity index (χ4n) is 2.09. The van der Waals surface area contributed by atoms with Crippen molar-refractivity contribution in [3.05, 3.63) is 29.8 Å². The summed E-state index contributed by atoms with van der Waals surface area (Å²) in [5.41, 5.74) is 6.57. The number of carbonyl (C=O) groups excluding carboxylic acids is 1. The molecule has 4 N–H and O–H groups in total. The van der Waals surface area contributed by atoms with Crippen LogP contribution in [0.3, 0.4) is 0 Å². The molecule has 1 aromatic rings. The van der Waals surface area contributed by atoms with E-state index in [0.29, 0.717) is 12.2 Å². The second kappa shape index (κ2) is 8.38. The van der Waals surface area contributed by atoms with Crippen molar-refractivity contribution in [1.29, 1.82) is 0 Å². The van der Waals surface area contributed by atoms with E-state index in [-0.39, 0.29) is 12.3 Å². The van der Waals surface area contributed by atoms with Gasteiger partial charge < -0.3 is 20.9 Å². The third-order valence-corrected chi connectivity index (χ3v) is 3.28. The first-order valence-electron chi connectivity index (χ1n) is 7.25. The lowest BCUT2D eigenvalue weighted by Crippen LogP contribution is -2.49. The standard InChI is InChI=1S/C16H24N2O4/c1-10(2)8-13(17)15(19)18-14(16(20)21)9-11-4-6-12(22-3)7-5-11/h4-7,10,13-14H,8-9,17H2,1-3H3,(H,18,19)(H,20,21)/t13-,14-/m0/s1. The van der Waals surface area contributed by atoms with Gasteiger partial charge in [0.05, 0.1) is 13.2 Å². The van der Waals surface area contributed by atoms with Gasteiger partial charge in [0.15, 0.2) is 0 Å². The average molecular weight is 308 g/mol. The molecular weight excluding hydrogens is 284 g/mol. The summed E-state index contributed by atoms with van der Waals surface area (Å²) >= 11 is 0. The molecule has 0 saturated heterocycles. The molecule has 0 fully saturated rings. The van der Waals surface area contributed by atoms with E-state index in [0.717, 1.165) is 5.56 Å². The van der Waals surface area contributed by atoms with Gasteiger partial charge in [0.1, 0.15) is 11.8 Å². The summed E-state index contributed by atoms with van der Waals surface area (Å²) in [6, 6.07) is 5.35. The fraction of sp³-hybridized carbons (Fsp3) is 0.500. The van der Waals surface area contributed by atoms with Crippen LogP contribution in [0.5, 0.6) is 5.75 Å². The van der Waals surface area contributed by atoms with E-state index >= 15 is 0 Å². The molecule has 0 heterocycles. The first-order valence-corrected chi connectivity index (χ1v) is 7.25. The summed E-state index contributed by atoms with van der Waals surface area (Å²) in [4.78, 5) is 23.3. The predicted octanol–water partition coefficient (Wildman–Crippen LogP) is 1.18. The largest absolute Gasteiger partial charge is 0.497 e. The number of nitrogens with two attached hydrogens (primary N) is 1. The molecule has 0 unspecified atom stereocenters. The molecule has 122 valence electrons. The average Bonchev–Trinajstić information content (AvgIpc) is 2.46. The number of rotatable bonds is 8. The normalized spacial score (nSPS) is 13.5. The number of hydrogen-bond donors (Lipinski definition) is 3. The monoisotopic (exact) mass is 308 g/mol. The first kappa shape index (κ1) is 18.0. The van der Waals surface area contributed by atoms with E-state index < -0.39 is 24.0 Å². The molecule has 1 aromatic carbocycles. The zero-order chi connectivity index (χ0) is 16.7. The SMILES string of the molecule is COc1ccc(C[C@H](NC(=O)[C@@H](N)CC(C)C)C(=O)O)cc1. The second-order valence-electron chi connectivity index (χ2n) is 5.69. The Balaban J connectivity index is 2.68. The van der Waals surface area contributed by atoms with E-state index in [4.69, 9.17) is 10.5 Å². The maximum atomic E-state index is 12.0. The predicted molar refractivity (Wildman–Crippen MR) is 83.7 cm³/mol. The van der Waals surface area contributed by atoms with Gasteiger partial charge in [-0.25, -0.2) is 4.79 Å².